The number of carboxylic acids is 1. The summed E-state index contributed by atoms with van der Waals surface area (Å²) in [5.41, 5.74) is 1.06. The van der Waals surface area contributed by atoms with Crippen molar-refractivity contribution < 1.29 is 43.2 Å². The minimum absolute atomic E-state index is 0. The molecule has 1 aromatic carbocycles. The molecule has 0 unspecified atom stereocenters. The maximum Gasteiger partial charge on any atom is 0.309 e. The van der Waals surface area contributed by atoms with E-state index in [0.717, 1.165) is 21.0 Å². The Morgan fingerprint density at radius 3 is 2.83 bits per heavy atom. The third kappa shape index (κ3) is 3.11. The molecule has 0 radical (unpaired) electrons. The SMILES string of the molecule is COc1ccc2c(c1)sc(C)[n+]2CCC(=O)O.[I-]. The lowest BCUT2D eigenvalue weighted by Crippen LogP contribution is -3.00. The Morgan fingerprint density at radius 1 is 1.50 bits per heavy atom. The van der Waals surface area contributed by atoms with Crippen LogP contribution in [0.1, 0.15) is 11.4 Å². The number of hydrogen-bond donors (Lipinski definition) is 1. The van der Waals surface area contributed by atoms with Crippen LogP contribution in [0, 0.1) is 6.92 Å². The van der Waals surface area contributed by atoms with Crippen LogP contribution in [-0.2, 0) is 11.3 Å². The first kappa shape index (κ1) is 15.2. The minimum Gasteiger partial charge on any atom is -1.00 e. The Labute approximate surface area is 126 Å². The Hall–Kier alpha value is -0.890. The van der Waals surface area contributed by atoms with E-state index in [1.54, 1.807) is 18.4 Å². The number of carboxylic acid groups (broad SMARTS) is 1. The average Bonchev–Trinajstić information content (AvgIpc) is 2.60. The van der Waals surface area contributed by atoms with E-state index in [0.29, 0.717) is 6.54 Å². The number of rotatable bonds is 4. The molecule has 0 saturated heterocycles. The highest BCUT2D eigenvalue weighted by Gasteiger charge is 2.18. The minimum atomic E-state index is -0.773. The molecule has 0 aliphatic carbocycles. The predicted molar refractivity (Wildman–Crippen MR) is 65.6 cm³/mol. The number of benzene rings is 1. The Balaban J connectivity index is 0.00000162. The number of hydrogen-bond acceptors (Lipinski definition) is 3. The summed E-state index contributed by atoms with van der Waals surface area (Å²) < 4.78 is 8.33. The maximum absolute atomic E-state index is 10.6. The van der Waals surface area contributed by atoms with Crippen molar-refractivity contribution in [2.75, 3.05) is 7.11 Å². The number of methoxy groups -OCH3 is 1. The lowest BCUT2D eigenvalue weighted by atomic mass is 10.3. The van der Waals surface area contributed by atoms with Crippen molar-refractivity contribution in [3.05, 3.63) is 23.2 Å². The van der Waals surface area contributed by atoms with Crippen LogP contribution in [0.3, 0.4) is 0 Å². The zero-order valence-electron chi connectivity index (χ0n) is 10.1. The van der Waals surface area contributed by atoms with E-state index in [1.165, 1.54) is 0 Å². The molecule has 0 atom stereocenters. The molecule has 2 rings (SSSR count). The zero-order chi connectivity index (χ0) is 12.4. The summed E-state index contributed by atoms with van der Waals surface area (Å²) >= 11 is 1.65. The van der Waals surface area contributed by atoms with Gasteiger partial charge >= 0.3 is 5.97 Å². The molecule has 0 spiro atoms. The van der Waals surface area contributed by atoms with Crippen molar-refractivity contribution in [2.45, 2.75) is 19.9 Å². The van der Waals surface area contributed by atoms with E-state index in [2.05, 4.69) is 0 Å². The normalized spacial score (nSPS) is 10.1. The number of carbonyl (C=O) groups is 1. The summed E-state index contributed by atoms with van der Waals surface area (Å²) in [5, 5.41) is 9.83. The van der Waals surface area contributed by atoms with E-state index < -0.39 is 5.97 Å². The third-order valence-electron chi connectivity index (χ3n) is 2.64. The van der Waals surface area contributed by atoms with Crippen LogP contribution in [0.2, 0.25) is 0 Å². The molecule has 4 nitrogen and oxygen atoms in total. The fourth-order valence-electron chi connectivity index (χ4n) is 1.80. The van der Waals surface area contributed by atoms with Crippen LogP contribution in [0.4, 0.5) is 0 Å². The van der Waals surface area contributed by atoms with Crippen molar-refractivity contribution >= 4 is 27.5 Å². The first-order chi connectivity index (χ1) is 8.11. The summed E-state index contributed by atoms with van der Waals surface area (Å²) in [6, 6.07) is 5.84. The van der Waals surface area contributed by atoms with Gasteiger partial charge in [0.25, 0.3) is 0 Å². The van der Waals surface area contributed by atoms with Gasteiger partial charge in [0.1, 0.15) is 16.9 Å². The van der Waals surface area contributed by atoms with E-state index >= 15 is 0 Å². The van der Waals surface area contributed by atoms with Crippen molar-refractivity contribution in [3.8, 4) is 5.75 Å². The molecule has 1 heterocycles. The van der Waals surface area contributed by atoms with Crippen LogP contribution in [0.15, 0.2) is 18.2 Å². The van der Waals surface area contributed by atoms with Gasteiger partial charge in [-0.2, -0.15) is 4.57 Å². The Morgan fingerprint density at radius 2 is 2.22 bits per heavy atom. The van der Waals surface area contributed by atoms with Crippen LogP contribution in [-0.4, -0.2) is 18.2 Å². The molecular weight excluding hydrogens is 365 g/mol. The zero-order valence-corrected chi connectivity index (χ0v) is 13.1. The number of aliphatic carboxylic acids is 1. The molecule has 0 amide bonds. The van der Waals surface area contributed by atoms with Gasteiger partial charge in [-0.1, -0.05) is 11.3 Å². The molecule has 18 heavy (non-hydrogen) atoms. The highest BCUT2D eigenvalue weighted by molar-refractivity contribution is 7.18. The van der Waals surface area contributed by atoms with Gasteiger partial charge in [-0.3, -0.25) is 4.79 Å². The highest BCUT2D eigenvalue weighted by atomic mass is 127. The van der Waals surface area contributed by atoms with E-state index in [-0.39, 0.29) is 30.4 Å². The summed E-state index contributed by atoms with van der Waals surface area (Å²) in [5.74, 6) is 0.0499. The third-order valence-corrected chi connectivity index (χ3v) is 3.71. The molecule has 0 bridgehead atoms. The molecule has 2 aromatic rings. The summed E-state index contributed by atoms with van der Waals surface area (Å²) in [7, 11) is 1.64. The summed E-state index contributed by atoms with van der Waals surface area (Å²) in [4.78, 5) is 10.6. The number of fused-ring (bicyclic) bond motifs is 1. The van der Waals surface area contributed by atoms with Crippen LogP contribution >= 0.6 is 11.3 Å². The maximum atomic E-state index is 10.6. The second-order valence-corrected chi connectivity index (χ2v) is 4.98. The van der Waals surface area contributed by atoms with Crippen LogP contribution < -0.4 is 33.3 Å². The average molecular weight is 379 g/mol. The second kappa shape index (κ2) is 6.33. The number of thiazole rings is 1. The summed E-state index contributed by atoms with van der Waals surface area (Å²) in [6.07, 6.45) is 0.142. The van der Waals surface area contributed by atoms with Crippen molar-refractivity contribution in [3.63, 3.8) is 0 Å². The van der Waals surface area contributed by atoms with Gasteiger partial charge in [0.15, 0.2) is 6.54 Å². The van der Waals surface area contributed by atoms with Gasteiger partial charge in [-0.05, 0) is 6.07 Å². The number of nitrogens with zero attached hydrogens (tertiary/aromatic N) is 1. The fourth-order valence-corrected chi connectivity index (χ4v) is 2.87. The second-order valence-electron chi connectivity index (χ2n) is 3.75. The van der Waals surface area contributed by atoms with Gasteiger partial charge in [0.2, 0.25) is 10.5 Å². The number of ether oxygens (including phenoxy) is 1. The Bertz CT molecular complexity index is 568. The fraction of sp³-hybridized carbons (Fsp3) is 0.333. The quantitative estimate of drug-likeness (QED) is 0.547. The topological polar surface area (TPSA) is 50.4 Å². The molecule has 0 saturated carbocycles. The number of aromatic nitrogens is 1. The molecule has 1 N–H and O–H groups in total. The molecule has 1 aromatic heterocycles. The van der Waals surface area contributed by atoms with Gasteiger partial charge in [0.05, 0.1) is 7.11 Å². The van der Waals surface area contributed by atoms with Crippen molar-refractivity contribution in [1.82, 2.24) is 0 Å². The first-order valence-corrected chi connectivity index (χ1v) is 6.12. The molecule has 0 aliphatic rings. The van der Waals surface area contributed by atoms with E-state index in [1.807, 2.05) is 29.7 Å². The molecule has 98 valence electrons. The molecular formula is C12H14INO3S. The van der Waals surface area contributed by atoms with Crippen molar-refractivity contribution in [2.24, 2.45) is 0 Å². The monoisotopic (exact) mass is 379 g/mol. The van der Waals surface area contributed by atoms with Crippen LogP contribution in [0.5, 0.6) is 5.75 Å². The number of halogens is 1. The van der Waals surface area contributed by atoms with Gasteiger partial charge in [0, 0.05) is 19.1 Å². The Kier molecular flexibility index (Phi) is 5.33. The van der Waals surface area contributed by atoms with E-state index in [4.69, 9.17) is 9.84 Å². The smallest absolute Gasteiger partial charge is 0.309 e. The predicted octanol–water partition coefficient (Wildman–Crippen LogP) is -1.02. The largest absolute Gasteiger partial charge is 1.00 e. The van der Waals surface area contributed by atoms with Crippen molar-refractivity contribution in [1.29, 1.82) is 0 Å². The lowest BCUT2D eigenvalue weighted by Gasteiger charge is -1.97. The number of aryl methyl sites for hydroxylation is 2. The standard InChI is InChI=1S/C12H13NO3S.HI/c1-8-13(6-5-12(14)15)10-4-3-9(16-2)7-11(10)17-8;/h3-4,7H,5-6H2,1-2H3;1H. The van der Waals surface area contributed by atoms with Crippen LogP contribution in [0.25, 0.3) is 10.2 Å². The molecule has 0 aliphatic heterocycles. The first-order valence-electron chi connectivity index (χ1n) is 5.30. The lowest BCUT2D eigenvalue weighted by molar-refractivity contribution is -0.671. The van der Waals surface area contributed by atoms with Gasteiger partial charge in [-0.15, -0.1) is 0 Å². The molecule has 0 fully saturated rings. The van der Waals surface area contributed by atoms with Gasteiger partial charge < -0.3 is 33.8 Å². The molecule has 6 heteroatoms. The summed E-state index contributed by atoms with van der Waals surface area (Å²) in [6.45, 7) is 2.51. The highest BCUT2D eigenvalue weighted by Crippen LogP contribution is 2.24. The van der Waals surface area contributed by atoms with E-state index in [9.17, 15) is 4.79 Å². The van der Waals surface area contributed by atoms with Gasteiger partial charge in [-0.25, -0.2) is 0 Å².